The number of hydrogen-bond acceptors (Lipinski definition) is 4. The van der Waals surface area contributed by atoms with Gasteiger partial charge in [0.25, 0.3) is 0 Å². The van der Waals surface area contributed by atoms with Crippen molar-refractivity contribution < 1.29 is 4.42 Å². The Labute approximate surface area is 140 Å². The molecule has 1 aromatic carbocycles. The highest BCUT2D eigenvalue weighted by molar-refractivity contribution is 6.37. The first-order valence-electron chi connectivity index (χ1n) is 6.71. The standard InChI is InChI=1S/C16H9Cl2N3O2/c17-11-2-1-3-12(18)14(11)21-15(19)10-6-8-4-5-9(22)7-13(8)23-16(10)20-21/h1-7H,19H2. The first-order valence-corrected chi connectivity index (χ1v) is 7.47. The van der Waals surface area contributed by atoms with E-state index in [-0.39, 0.29) is 5.43 Å². The van der Waals surface area contributed by atoms with Crippen LogP contribution in [0.25, 0.3) is 28.1 Å². The molecule has 2 heterocycles. The van der Waals surface area contributed by atoms with Crippen LogP contribution in [0.2, 0.25) is 10.0 Å². The molecule has 0 atom stereocenters. The van der Waals surface area contributed by atoms with Crippen molar-refractivity contribution in [1.29, 1.82) is 0 Å². The lowest BCUT2D eigenvalue weighted by atomic mass is 10.1. The third-order valence-corrected chi connectivity index (χ3v) is 4.18. The van der Waals surface area contributed by atoms with Crippen molar-refractivity contribution in [2.24, 2.45) is 0 Å². The second-order valence-corrected chi connectivity index (χ2v) is 5.85. The van der Waals surface area contributed by atoms with Crippen LogP contribution in [-0.4, -0.2) is 9.78 Å². The van der Waals surface area contributed by atoms with Crippen LogP contribution in [0.3, 0.4) is 0 Å². The zero-order chi connectivity index (χ0) is 16.1. The van der Waals surface area contributed by atoms with Gasteiger partial charge in [-0.3, -0.25) is 4.79 Å². The molecule has 5 nitrogen and oxygen atoms in total. The van der Waals surface area contributed by atoms with Crippen LogP contribution in [0.5, 0.6) is 0 Å². The quantitative estimate of drug-likeness (QED) is 0.566. The second kappa shape index (κ2) is 5.01. The molecule has 2 N–H and O–H groups in total. The zero-order valence-electron chi connectivity index (χ0n) is 11.6. The van der Waals surface area contributed by atoms with Gasteiger partial charge >= 0.3 is 0 Å². The van der Waals surface area contributed by atoms with Crippen LogP contribution in [0.1, 0.15) is 0 Å². The number of para-hydroxylation sites is 1. The Balaban J connectivity index is 2.07. The molecule has 2 aromatic rings. The summed E-state index contributed by atoms with van der Waals surface area (Å²) in [4.78, 5) is 11.5. The summed E-state index contributed by atoms with van der Waals surface area (Å²) in [6.45, 7) is 0. The minimum atomic E-state index is -0.137. The van der Waals surface area contributed by atoms with Crippen LogP contribution >= 0.6 is 23.2 Å². The van der Waals surface area contributed by atoms with E-state index in [0.29, 0.717) is 38.4 Å². The maximum absolute atomic E-state index is 11.5. The van der Waals surface area contributed by atoms with E-state index in [1.165, 1.54) is 16.8 Å². The Kier molecular flexibility index (Phi) is 3.07. The van der Waals surface area contributed by atoms with Crippen LogP contribution in [0, 0.1) is 0 Å². The number of hydrogen-bond donors (Lipinski definition) is 1. The predicted octanol–water partition coefficient (Wildman–Crippen LogP) is 3.97. The molecule has 0 fully saturated rings. The van der Waals surface area contributed by atoms with E-state index in [0.717, 1.165) is 5.56 Å². The number of rotatable bonds is 1. The van der Waals surface area contributed by atoms with Crippen LogP contribution in [0.4, 0.5) is 5.82 Å². The van der Waals surface area contributed by atoms with E-state index in [1.807, 2.05) is 6.07 Å². The number of fused-ring (bicyclic) bond motifs is 2. The van der Waals surface area contributed by atoms with Gasteiger partial charge in [0.15, 0.2) is 5.43 Å². The number of anilines is 1. The highest BCUT2D eigenvalue weighted by atomic mass is 35.5. The van der Waals surface area contributed by atoms with Crippen molar-refractivity contribution in [2.75, 3.05) is 5.73 Å². The summed E-state index contributed by atoms with van der Waals surface area (Å²) in [7, 11) is 0. The van der Waals surface area contributed by atoms with Crippen molar-refractivity contribution in [3.8, 4) is 17.0 Å². The second-order valence-electron chi connectivity index (χ2n) is 5.03. The molecule has 2 aliphatic rings. The summed E-state index contributed by atoms with van der Waals surface area (Å²) in [6.07, 6.45) is 0. The third kappa shape index (κ3) is 2.17. The van der Waals surface area contributed by atoms with E-state index < -0.39 is 0 Å². The fourth-order valence-corrected chi connectivity index (χ4v) is 3.03. The van der Waals surface area contributed by atoms with Gasteiger partial charge < -0.3 is 10.2 Å². The molecule has 4 rings (SSSR count). The number of benzene rings is 2. The molecule has 0 saturated carbocycles. The molecule has 0 saturated heterocycles. The summed E-state index contributed by atoms with van der Waals surface area (Å²) in [6, 6.07) is 11.5. The fraction of sp³-hybridized carbons (Fsp3) is 0. The molecule has 0 unspecified atom stereocenters. The van der Waals surface area contributed by atoms with Gasteiger partial charge in [-0.05, 0) is 30.3 Å². The van der Waals surface area contributed by atoms with Crippen molar-refractivity contribution in [2.45, 2.75) is 0 Å². The third-order valence-electron chi connectivity index (χ3n) is 3.57. The summed E-state index contributed by atoms with van der Waals surface area (Å²) in [5.41, 5.74) is 7.59. The van der Waals surface area contributed by atoms with Crippen LogP contribution < -0.4 is 11.2 Å². The van der Waals surface area contributed by atoms with Gasteiger partial charge in [0.1, 0.15) is 17.3 Å². The zero-order valence-corrected chi connectivity index (χ0v) is 13.1. The van der Waals surface area contributed by atoms with Crippen molar-refractivity contribution >= 4 is 40.1 Å². The monoisotopic (exact) mass is 345 g/mol. The molecule has 1 aliphatic carbocycles. The first kappa shape index (κ1) is 14.1. The number of nitrogen functional groups attached to an aromatic ring is 1. The fourth-order valence-electron chi connectivity index (χ4n) is 2.48. The normalized spacial score (nSPS) is 11.4. The summed E-state index contributed by atoms with van der Waals surface area (Å²) in [5.74, 6) is 0.798. The summed E-state index contributed by atoms with van der Waals surface area (Å²) in [5, 5.41) is 5.80. The topological polar surface area (TPSA) is 74.1 Å². The highest BCUT2D eigenvalue weighted by Crippen LogP contribution is 2.35. The van der Waals surface area contributed by atoms with Crippen LogP contribution in [-0.2, 0) is 0 Å². The van der Waals surface area contributed by atoms with Crippen molar-refractivity contribution in [1.82, 2.24) is 9.78 Å². The number of nitrogens with zero attached hydrogens (tertiary/aromatic N) is 2. The average molecular weight is 346 g/mol. The molecule has 23 heavy (non-hydrogen) atoms. The predicted molar refractivity (Wildman–Crippen MR) is 90.7 cm³/mol. The van der Waals surface area contributed by atoms with Gasteiger partial charge in [-0.25, -0.2) is 4.68 Å². The van der Waals surface area contributed by atoms with Gasteiger partial charge in [0, 0.05) is 11.6 Å². The van der Waals surface area contributed by atoms with E-state index in [9.17, 15) is 4.79 Å². The Hall–Kier alpha value is -2.50. The van der Waals surface area contributed by atoms with Crippen molar-refractivity contribution in [3.05, 3.63) is 62.7 Å². The molecular formula is C16H9Cl2N3O2. The first-order chi connectivity index (χ1) is 11.0. The maximum atomic E-state index is 11.5. The minimum Gasteiger partial charge on any atom is -0.436 e. The average Bonchev–Trinajstić information content (AvgIpc) is 2.81. The Morgan fingerprint density at radius 2 is 1.83 bits per heavy atom. The lowest BCUT2D eigenvalue weighted by Crippen LogP contribution is -2.03. The number of halogens is 2. The molecule has 0 radical (unpaired) electrons. The van der Waals surface area contributed by atoms with E-state index >= 15 is 0 Å². The Bertz CT molecular complexity index is 1060. The Morgan fingerprint density at radius 3 is 2.57 bits per heavy atom. The van der Waals surface area contributed by atoms with Crippen molar-refractivity contribution in [3.63, 3.8) is 0 Å². The molecule has 114 valence electrons. The lowest BCUT2D eigenvalue weighted by molar-refractivity contribution is 0.598. The van der Waals surface area contributed by atoms with Gasteiger partial charge in [0.2, 0.25) is 5.71 Å². The smallest absolute Gasteiger partial charge is 0.248 e. The molecule has 1 aromatic heterocycles. The van der Waals surface area contributed by atoms with E-state index in [4.69, 9.17) is 33.4 Å². The van der Waals surface area contributed by atoms with Crippen LogP contribution in [0.15, 0.2) is 51.7 Å². The molecule has 1 aliphatic heterocycles. The largest absolute Gasteiger partial charge is 0.436 e. The summed E-state index contributed by atoms with van der Waals surface area (Å²) < 4.78 is 7.13. The molecule has 0 amide bonds. The maximum Gasteiger partial charge on any atom is 0.248 e. The molecule has 0 bridgehead atoms. The molecular weight excluding hydrogens is 337 g/mol. The molecule has 7 heteroatoms. The minimum absolute atomic E-state index is 0.137. The lowest BCUT2D eigenvalue weighted by Gasteiger charge is -2.07. The summed E-state index contributed by atoms with van der Waals surface area (Å²) >= 11 is 12.4. The number of nitrogens with two attached hydrogens (primary N) is 1. The van der Waals surface area contributed by atoms with Gasteiger partial charge in [-0.15, -0.1) is 5.10 Å². The number of aromatic nitrogens is 2. The van der Waals surface area contributed by atoms with Gasteiger partial charge in [-0.1, -0.05) is 29.3 Å². The Morgan fingerprint density at radius 1 is 1.09 bits per heavy atom. The SMILES string of the molecule is Nc1c2cc3ccc(=O)cc-3oc2nn1-c1c(Cl)cccc1Cl. The van der Waals surface area contributed by atoms with E-state index in [2.05, 4.69) is 5.10 Å². The van der Waals surface area contributed by atoms with Gasteiger partial charge in [-0.2, -0.15) is 0 Å². The highest BCUT2D eigenvalue weighted by Gasteiger charge is 2.18. The molecule has 0 spiro atoms. The van der Waals surface area contributed by atoms with Gasteiger partial charge in [0.05, 0.1) is 15.4 Å². The van der Waals surface area contributed by atoms with E-state index in [1.54, 1.807) is 24.3 Å².